The van der Waals surface area contributed by atoms with Crippen molar-refractivity contribution < 1.29 is 4.74 Å². The van der Waals surface area contributed by atoms with Crippen molar-refractivity contribution >= 4 is 0 Å². The molecule has 0 aromatic heterocycles. The van der Waals surface area contributed by atoms with Gasteiger partial charge >= 0.3 is 0 Å². The highest BCUT2D eigenvalue weighted by atomic mass is 16.5. The first-order valence-corrected chi connectivity index (χ1v) is 8.33. The SMILES string of the molecule is COCCCCC1CC(C)CCC1CNCC(C)C. The van der Waals surface area contributed by atoms with Crippen molar-refractivity contribution in [3.8, 4) is 0 Å². The number of hydrogen-bond acceptors (Lipinski definition) is 2. The predicted molar refractivity (Wildman–Crippen MR) is 83.4 cm³/mol. The van der Waals surface area contributed by atoms with Gasteiger partial charge in [0.2, 0.25) is 0 Å². The summed E-state index contributed by atoms with van der Waals surface area (Å²) in [6.45, 7) is 10.3. The maximum Gasteiger partial charge on any atom is 0.0462 e. The number of methoxy groups -OCH3 is 1. The monoisotopic (exact) mass is 269 g/mol. The van der Waals surface area contributed by atoms with Crippen molar-refractivity contribution in [2.45, 2.75) is 59.3 Å². The third-order valence-electron chi connectivity index (χ3n) is 4.53. The minimum Gasteiger partial charge on any atom is -0.385 e. The number of ether oxygens (including phenoxy) is 1. The first kappa shape index (κ1) is 17.0. The molecular weight excluding hydrogens is 234 g/mol. The van der Waals surface area contributed by atoms with Gasteiger partial charge in [0.1, 0.15) is 0 Å². The fraction of sp³-hybridized carbons (Fsp3) is 1.00. The van der Waals surface area contributed by atoms with E-state index in [0.717, 1.165) is 30.3 Å². The van der Waals surface area contributed by atoms with E-state index in [-0.39, 0.29) is 0 Å². The highest BCUT2D eigenvalue weighted by molar-refractivity contribution is 4.80. The van der Waals surface area contributed by atoms with Crippen LogP contribution < -0.4 is 5.32 Å². The van der Waals surface area contributed by atoms with E-state index < -0.39 is 0 Å². The van der Waals surface area contributed by atoms with Crippen molar-refractivity contribution in [3.63, 3.8) is 0 Å². The number of unbranched alkanes of at least 4 members (excludes halogenated alkanes) is 1. The van der Waals surface area contributed by atoms with Crippen LogP contribution in [0.1, 0.15) is 59.3 Å². The van der Waals surface area contributed by atoms with Gasteiger partial charge in [-0.25, -0.2) is 0 Å². The molecule has 0 heterocycles. The first-order chi connectivity index (χ1) is 9.13. The lowest BCUT2D eigenvalue weighted by Crippen LogP contribution is -2.34. The molecule has 0 aliphatic heterocycles. The summed E-state index contributed by atoms with van der Waals surface area (Å²) in [5.41, 5.74) is 0. The Morgan fingerprint density at radius 3 is 2.63 bits per heavy atom. The van der Waals surface area contributed by atoms with Gasteiger partial charge in [-0.05, 0) is 56.0 Å². The topological polar surface area (TPSA) is 21.3 Å². The Morgan fingerprint density at radius 2 is 1.95 bits per heavy atom. The van der Waals surface area contributed by atoms with E-state index in [2.05, 4.69) is 26.1 Å². The van der Waals surface area contributed by atoms with Gasteiger partial charge in [-0.1, -0.05) is 40.0 Å². The van der Waals surface area contributed by atoms with Gasteiger partial charge in [0, 0.05) is 13.7 Å². The zero-order valence-electron chi connectivity index (χ0n) is 13.6. The largest absolute Gasteiger partial charge is 0.385 e. The van der Waals surface area contributed by atoms with Crippen molar-refractivity contribution in [2.24, 2.45) is 23.7 Å². The first-order valence-electron chi connectivity index (χ1n) is 8.33. The average Bonchev–Trinajstić information content (AvgIpc) is 2.36. The molecule has 1 aliphatic rings. The van der Waals surface area contributed by atoms with E-state index in [1.807, 2.05) is 0 Å². The Balaban J connectivity index is 2.28. The Kier molecular flexibility index (Phi) is 8.72. The summed E-state index contributed by atoms with van der Waals surface area (Å²) >= 11 is 0. The van der Waals surface area contributed by atoms with Crippen molar-refractivity contribution in [1.82, 2.24) is 5.32 Å². The zero-order valence-corrected chi connectivity index (χ0v) is 13.6. The molecule has 114 valence electrons. The van der Waals surface area contributed by atoms with E-state index in [4.69, 9.17) is 4.74 Å². The van der Waals surface area contributed by atoms with Crippen molar-refractivity contribution in [2.75, 3.05) is 26.8 Å². The van der Waals surface area contributed by atoms with Crippen LogP contribution >= 0.6 is 0 Å². The molecule has 3 unspecified atom stereocenters. The van der Waals surface area contributed by atoms with Gasteiger partial charge in [-0.15, -0.1) is 0 Å². The fourth-order valence-corrected chi connectivity index (χ4v) is 3.39. The normalized spacial score (nSPS) is 27.9. The molecule has 1 N–H and O–H groups in total. The summed E-state index contributed by atoms with van der Waals surface area (Å²) in [4.78, 5) is 0. The van der Waals surface area contributed by atoms with Crippen LogP contribution in [0, 0.1) is 23.7 Å². The molecule has 0 amide bonds. The maximum atomic E-state index is 5.16. The smallest absolute Gasteiger partial charge is 0.0462 e. The quantitative estimate of drug-likeness (QED) is 0.636. The molecule has 3 atom stereocenters. The summed E-state index contributed by atoms with van der Waals surface area (Å²) in [6, 6.07) is 0. The Hall–Kier alpha value is -0.0800. The number of rotatable bonds is 9. The molecule has 0 saturated heterocycles. The minimum atomic E-state index is 0.766. The van der Waals surface area contributed by atoms with Gasteiger partial charge in [-0.2, -0.15) is 0 Å². The third kappa shape index (κ3) is 7.31. The molecule has 1 saturated carbocycles. The van der Waals surface area contributed by atoms with E-state index in [1.54, 1.807) is 7.11 Å². The molecule has 19 heavy (non-hydrogen) atoms. The van der Waals surface area contributed by atoms with Crippen LogP contribution in [-0.2, 0) is 4.74 Å². The summed E-state index contributed by atoms with van der Waals surface area (Å²) in [6.07, 6.45) is 8.28. The van der Waals surface area contributed by atoms with Gasteiger partial charge in [0.15, 0.2) is 0 Å². The predicted octanol–water partition coefficient (Wildman–Crippen LogP) is 4.10. The third-order valence-corrected chi connectivity index (χ3v) is 4.53. The van der Waals surface area contributed by atoms with Gasteiger partial charge in [0.25, 0.3) is 0 Å². The summed E-state index contributed by atoms with van der Waals surface area (Å²) in [5, 5.41) is 3.68. The molecule has 0 spiro atoms. The molecule has 0 aromatic carbocycles. The van der Waals surface area contributed by atoms with Crippen LogP contribution in [0.3, 0.4) is 0 Å². The van der Waals surface area contributed by atoms with Crippen LogP contribution in [0.2, 0.25) is 0 Å². The summed E-state index contributed by atoms with van der Waals surface area (Å²) < 4.78 is 5.16. The van der Waals surface area contributed by atoms with Crippen LogP contribution in [0.15, 0.2) is 0 Å². The Morgan fingerprint density at radius 1 is 1.16 bits per heavy atom. The molecule has 1 aliphatic carbocycles. The van der Waals surface area contributed by atoms with Crippen LogP contribution in [0.5, 0.6) is 0 Å². The van der Waals surface area contributed by atoms with E-state index >= 15 is 0 Å². The van der Waals surface area contributed by atoms with E-state index in [0.29, 0.717) is 0 Å². The van der Waals surface area contributed by atoms with Crippen molar-refractivity contribution in [1.29, 1.82) is 0 Å². The lowest BCUT2D eigenvalue weighted by atomic mass is 9.72. The fourth-order valence-electron chi connectivity index (χ4n) is 3.39. The second-order valence-corrected chi connectivity index (χ2v) is 6.98. The average molecular weight is 269 g/mol. The Bertz CT molecular complexity index is 217. The molecule has 1 fully saturated rings. The van der Waals surface area contributed by atoms with Gasteiger partial charge in [0.05, 0.1) is 0 Å². The number of hydrogen-bond donors (Lipinski definition) is 1. The van der Waals surface area contributed by atoms with E-state index in [1.165, 1.54) is 51.6 Å². The summed E-state index contributed by atoms with van der Waals surface area (Å²) in [5.74, 6) is 3.56. The van der Waals surface area contributed by atoms with E-state index in [9.17, 15) is 0 Å². The molecule has 2 nitrogen and oxygen atoms in total. The Labute approximate surface area is 120 Å². The zero-order chi connectivity index (χ0) is 14.1. The molecule has 2 heteroatoms. The second kappa shape index (κ2) is 9.77. The number of nitrogens with one attached hydrogen (secondary N) is 1. The minimum absolute atomic E-state index is 0.766. The second-order valence-electron chi connectivity index (χ2n) is 6.98. The van der Waals surface area contributed by atoms with Crippen LogP contribution in [-0.4, -0.2) is 26.8 Å². The molecule has 0 radical (unpaired) electrons. The molecule has 0 aromatic rings. The lowest BCUT2D eigenvalue weighted by molar-refractivity contribution is 0.157. The van der Waals surface area contributed by atoms with Gasteiger partial charge < -0.3 is 10.1 Å². The molecule has 1 rings (SSSR count). The summed E-state index contributed by atoms with van der Waals surface area (Å²) in [7, 11) is 1.81. The van der Waals surface area contributed by atoms with Gasteiger partial charge in [-0.3, -0.25) is 0 Å². The molecule has 0 bridgehead atoms. The lowest BCUT2D eigenvalue weighted by Gasteiger charge is -2.35. The standard InChI is InChI=1S/C17H35NO/c1-14(2)12-18-13-17-9-8-15(3)11-16(17)7-5-6-10-19-4/h14-18H,5-13H2,1-4H3. The maximum absolute atomic E-state index is 5.16. The van der Waals surface area contributed by atoms with Crippen molar-refractivity contribution in [3.05, 3.63) is 0 Å². The van der Waals surface area contributed by atoms with Crippen LogP contribution in [0.4, 0.5) is 0 Å². The van der Waals surface area contributed by atoms with Crippen LogP contribution in [0.25, 0.3) is 0 Å². The highest BCUT2D eigenvalue weighted by Gasteiger charge is 2.27. The highest BCUT2D eigenvalue weighted by Crippen LogP contribution is 2.36. The molecular formula is C17H35NO.